The fourth-order valence-corrected chi connectivity index (χ4v) is 3.27. The first-order valence-corrected chi connectivity index (χ1v) is 7.56. The highest BCUT2D eigenvalue weighted by Crippen LogP contribution is 2.40. The Kier molecular flexibility index (Phi) is 2.98. The Morgan fingerprint density at radius 1 is 1.18 bits per heavy atom. The zero-order chi connectivity index (χ0) is 15.1. The van der Waals surface area contributed by atoms with E-state index in [0.29, 0.717) is 18.0 Å². The molecule has 1 aromatic heterocycles. The van der Waals surface area contributed by atoms with Gasteiger partial charge in [-0.25, -0.2) is 4.98 Å². The zero-order valence-corrected chi connectivity index (χ0v) is 13.0. The molecule has 0 unspecified atom stereocenters. The number of imidazole rings is 1. The van der Waals surface area contributed by atoms with E-state index in [-0.39, 0.29) is 0 Å². The van der Waals surface area contributed by atoms with Crippen LogP contribution in [0.4, 0.5) is 0 Å². The van der Waals surface area contributed by atoms with E-state index in [1.165, 1.54) is 0 Å². The lowest BCUT2D eigenvalue weighted by atomic mass is 10.1. The Bertz CT molecular complexity index is 910. The molecule has 106 valence electrons. The molecule has 0 amide bonds. The van der Waals surface area contributed by atoms with Crippen molar-refractivity contribution in [2.45, 2.75) is 6.73 Å². The summed E-state index contributed by atoms with van der Waals surface area (Å²) in [5, 5.41) is 9.00. The predicted octanol–water partition coefficient (Wildman–Crippen LogP) is 4.20. The maximum atomic E-state index is 9.00. The van der Waals surface area contributed by atoms with Gasteiger partial charge in [0.25, 0.3) is 0 Å². The molecular weight excluding hydrogens is 342 g/mol. The largest absolute Gasteiger partial charge is 0.472 e. The number of benzene rings is 2. The lowest BCUT2D eigenvalue weighted by Gasteiger charge is -2.21. The highest BCUT2D eigenvalue weighted by Gasteiger charge is 2.24. The summed E-state index contributed by atoms with van der Waals surface area (Å²) < 4.78 is 8.64. The summed E-state index contributed by atoms with van der Waals surface area (Å²) in [6.07, 6.45) is 0. The van der Waals surface area contributed by atoms with Crippen molar-refractivity contribution in [3.05, 3.63) is 58.7 Å². The molecule has 0 atom stereocenters. The lowest BCUT2D eigenvalue weighted by molar-refractivity contribution is 0.231. The third-order valence-corrected chi connectivity index (χ3v) is 4.23. The number of nitrogens with zero attached hydrogens (tertiary/aromatic N) is 3. The summed E-state index contributed by atoms with van der Waals surface area (Å²) in [6.45, 7) is 0.375. The van der Waals surface area contributed by atoms with Gasteiger partial charge in [-0.1, -0.05) is 30.3 Å². The summed E-state index contributed by atoms with van der Waals surface area (Å²) in [7, 11) is 0. The molecule has 0 N–H and O–H groups in total. The molecule has 0 aliphatic carbocycles. The Hall–Kier alpha value is -2.58. The van der Waals surface area contributed by atoms with E-state index >= 15 is 0 Å². The standard InChI is InChI=1S/C17H10BrN3O/c18-16-15(12-4-2-1-3-5-12)21-10-22-14-8-11(9-19)6-7-13(14)17(21)20-16/h1-8H,10H2. The van der Waals surface area contributed by atoms with Crippen LogP contribution in [0.5, 0.6) is 5.75 Å². The number of fused-ring (bicyclic) bond motifs is 3. The highest BCUT2D eigenvalue weighted by atomic mass is 79.9. The van der Waals surface area contributed by atoms with Crippen LogP contribution < -0.4 is 4.74 Å². The van der Waals surface area contributed by atoms with Crippen LogP contribution in [-0.2, 0) is 6.73 Å². The number of rotatable bonds is 1. The van der Waals surface area contributed by atoms with Crippen LogP contribution >= 0.6 is 15.9 Å². The quantitative estimate of drug-likeness (QED) is 0.660. The molecule has 0 saturated carbocycles. The summed E-state index contributed by atoms with van der Waals surface area (Å²) in [5.74, 6) is 1.54. The van der Waals surface area contributed by atoms with Crippen molar-refractivity contribution in [1.29, 1.82) is 5.26 Å². The van der Waals surface area contributed by atoms with Gasteiger partial charge in [0.15, 0.2) is 6.73 Å². The maximum absolute atomic E-state index is 9.00. The fourth-order valence-electron chi connectivity index (χ4n) is 2.66. The molecule has 0 spiro atoms. The molecule has 0 radical (unpaired) electrons. The molecule has 4 rings (SSSR count). The van der Waals surface area contributed by atoms with Gasteiger partial charge in [0, 0.05) is 5.56 Å². The molecule has 2 aromatic carbocycles. The molecular formula is C17H10BrN3O. The maximum Gasteiger partial charge on any atom is 0.167 e. The van der Waals surface area contributed by atoms with Gasteiger partial charge in [0.2, 0.25) is 0 Å². The second-order valence-electron chi connectivity index (χ2n) is 4.97. The van der Waals surface area contributed by atoms with Gasteiger partial charge in [-0.15, -0.1) is 0 Å². The van der Waals surface area contributed by atoms with Crippen LogP contribution in [0.2, 0.25) is 0 Å². The molecule has 3 aromatic rings. The lowest BCUT2D eigenvalue weighted by Crippen LogP contribution is -2.14. The van der Waals surface area contributed by atoms with Gasteiger partial charge in [0.1, 0.15) is 16.2 Å². The minimum absolute atomic E-state index is 0.375. The second kappa shape index (κ2) is 5.00. The van der Waals surface area contributed by atoms with Crippen LogP contribution in [0.25, 0.3) is 22.6 Å². The summed E-state index contributed by atoms with van der Waals surface area (Å²) in [6, 6.07) is 17.6. The normalized spacial score (nSPS) is 12.0. The topological polar surface area (TPSA) is 50.8 Å². The number of hydrogen-bond acceptors (Lipinski definition) is 3. The van der Waals surface area contributed by atoms with Crippen molar-refractivity contribution in [2.75, 3.05) is 0 Å². The monoisotopic (exact) mass is 351 g/mol. The average molecular weight is 352 g/mol. The molecule has 2 heterocycles. The predicted molar refractivity (Wildman–Crippen MR) is 86.1 cm³/mol. The number of aromatic nitrogens is 2. The molecule has 0 fully saturated rings. The first kappa shape index (κ1) is 13.1. The third kappa shape index (κ3) is 1.92. The Labute approximate surface area is 135 Å². The first-order valence-electron chi connectivity index (χ1n) is 6.76. The Morgan fingerprint density at radius 3 is 2.77 bits per heavy atom. The highest BCUT2D eigenvalue weighted by molar-refractivity contribution is 9.10. The van der Waals surface area contributed by atoms with Crippen molar-refractivity contribution >= 4 is 15.9 Å². The van der Waals surface area contributed by atoms with E-state index in [2.05, 4.69) is 27.0 Å². The van der Waals surface area contributed by atoms with Crippen molar-refractivity contribution in [2.24, 2.45) is 0 Å². The number of ether oxygens (including phenoxy) is 1. The van der Waals surface area contributed by atoms with Crippen molar-refractivity contribution in [3.63, 3.8) is 0 Å². The fraction of sp³-hybridized carbons (Fsp3) is 0.0588. The minimum Gasteiger partial charge on any atom is -0.472 e. The van der Waals surface area contributed by atoms with E-state index in [1.807, 2.05) is 41.0 Å². The minimum atomic E-state index is 0.375. The first-order chi connectivity index (χ1) is 10.8. The second-order valence-corrected chi connectivity index (χ2v) is 5.72. The van der Waals surface area contributed by atoms with E-state index in [4.69, 9.17) is 10.00 Å². The van der Waals surface area contributed by atoms with E-state index in [1.54, 1.807) is 12.1 Å². The molecule has 1 aliphatic heterocycles. The van der Waals surface area contributed by atoms with Crippen LogP contribution in [0.3, 0.4) is 0 Å². The van der Waals surface area contributed by atoms with Gasteiger partial charge in [-0.3, -0.25) is 4.57 Å². The molecule has 0 saturated heterocycles. The number of halogens is 1. The number of nitriles is 1. The van der Waals surface area contributed by atoms with Crippen LogP contribution in [0.15, 0.2) is 53.1 Å². The summed E-state index contributed by atoms with van der Waals surface area (Å²) >= 11 is 3.55. The summed E-state index contributed by atoms with van der Waals surface area (Å²) in [4.78, 5) is 4.64. The molecule has 5 heteroatoms. The Balaban J connectivity index is 1.92. The van der Waals surface area contributed by atoms with Crippen LogP contribution in [0.1, 0.15) is 5.56 Å². The Morgan fingerprint density at radius 2 is 2.00 bits per heavy atom. The molecule has 4 nitrogen and oxygen atoms in total. The van der Waals surface area contributed by atoms with Crippen LogP contribution in [-0.4, -0.2) is 9.55 Å². The van der Waals surface area contributed by atoms with Crippen LogP contribution in [0, 0.1) is 11.3 Å². The van der Waals surface area contributed by atoms with E-state index < -0.39 is 0 Å². The number of hydrogen-bond donors (Lipinski definition) is 0. The van der Waals surface area contributed by atoms with E-state index in [9.17, 15) is 0 Å². The zero-order valence-electron chi connectivity index (χ0n) is 11.5. The molecule has 1 aliphatic rings. The molecule has 22 heavy (non-hydrogen) atoms. The van der Waals surface area contributed by atoms with E-state index in [0.717, 1.165) is 27.2 Å². The van der Waals surface area contributed by atoms with Gasteiger partial charge >= 0.3 is 0 Å². The smallest absolute Gasteiger partial charge is 0.167 e. The average Bonchev–Trinajstić information content (AvgIpc) is 2.91. The SMILES string of the molecule is N#Cc1ccc2c(c1)OCn1c-2nc(Br)c1-c1ccccc1. The van der Waals surface area contributed by atoms with Crippen molar-refractivity contribution in [1.82, 2.24) is 9.55 Å². The molecule has 0 bridgehead atoms. The van der Waals surface area contributed by atoms with Crippen molar-refractivity contribution < 1.29 is 4.74 Å². The van der Waals surface area contributed by atoms with Gasteiger partial charge < -0.3 is 4.74 Å². The third-order valence-electron chi connectivity index (χ3n) is 3.67. The van der Waals surface area contributed by atoms with Crippen molar-refractivity contribution in [3.8, 4) is 34.5 Å². The van der Waals surface area contributed by atoms with Gasteiger partial charge in [0.05, 0.1) is 22.9 Å². The summed E-state index contributed by atoms with van der Waals surface area (Å²) in [5.41, 5.74) is 3.55. The van der Waals surface area contributed by atoms with Gasteiger partial charge in [-0.05, 0) is 34.1 Å². The van der Waals surface area contributed by atoms with Gasteiger partial charge in [-0.2, -0.15) is 5.26 Å².